The second-order valence-electron chi connectivity index (χ2n) is 3.20. The van der Waals surface area contributed by atoms with Crippen molar-refractivity contribution in [3.8, 4) is 0 Å². The Hall–Kier alpha value is -0.540. The van der Waals surface area contributed by atoms with Crippen molar-refractivity contribution in [1.29, 1.82) is 0 Å². The molecule has 1 N–H and O–H groups in total. The molecule has 3 nitrogen and oxygen atoms in total. The number of esters is 1. The van der Waals surface area contributed by atoms with Gasteiger partial charge in [0.15, 0.2) is 0 Å². The summed E-state index contributed by atoms with van der Waals surface area (Å²) in [5.41, 5.74) is 0. The van der Waals surface area contributed by atoms with E-state index in [0.29, 0.717) is 12.5 Å². The fraction of sp³-hybridized carbons (Fsp3) is 0.700. The Kier molecular flexibility index (Phi) is 7.52. The minimum absolute atomic E-state index is 0. The first-order valence-corrected chi connectivity index (χ1v) is 4.88. The molecule has 0 aliphatic carbocycles. The predicted octanol–water partition coefficient (Wildman–Crippen LogP) is 1.53. The molecule has 0 radical (unpaired) electrons. The highest BCUT2D eigenvalue weighted by molar-refractivity contribution is 5.85. The Labute approximate surface area is 91.3 Å². The van der Waals surface area contributed by atoms with Crippen LogP contribution in [0.5, 0.6) is 0 Å². The number of halogens is 1. The van der Waals surface area contributed by atoms with E-state index in [2.05, 4.69) is 5.32 Å². The summed E-state index contributed by atoms with van der Waals surface area (Å²) >= 11 is 0. The van der Waals surface area contributed by atoms with E-state index in [1.165, 1.54) is 0 Å². The molecule has 0 spiro atoms. The van der Waals surface area contributed by atoms with Gasteiger partial charge in [-0.15, -0.1) is 12.4 Å². The molecule has 0 aromatic carbocycles. The molecule has 1 aliphatic heterocycles. The molecule has 0 amide bonds. The van der Waals surface area contributed by atoms with Crippen molar-refractivity contribution >= 4 is 18.4 Å². The number of allylic oxidation sites excluding steroid dienone is 1. The second-order valence-corrected chi connectivity index (χ2v) is 3.20. The monoisotopic (exact) mass is 219 g/mol. The van der Waals surface area contributed by atoms with Crippen molar-refractivity contribution in [1.82, 2.24) is 5.32 Å². The van der Waals surface area contributed by atoms with Crippen LogP contribution in [0, 0.1) is 5.92 Å². The molecule has 0 aromatic heterocycles. The van der Waals surface area contributed by atoms with E-state index in [-0.39, 0.29) is 18.4 Å². The van der Waals surface area contributed by atoms with Gasteiger partial charge in [-0.3, -0.25) is 0 Å². The van der Waals surface area contributed by atoms with Gasteiger partial charge in [0.25, 0.3) is 0 Å². The molecule has 0 bridgehead atoms. The molecular formula is C10H18ClNO2. The highest BCUT2D eigenvalue weighted by Crippen LogP contribution is 2.12. The van der Waals surface area contributed by atoms with Crippen molar-refractivity contribution in [2.75, 3.05) is 19.7 Å². The summed E-state index contributed by atoms with van der Waals surface area (Å²) in [5, 5.41) is 3.28. The van der Waals surface area contributed by atoms with Gasteiger partial charge in [-0.25, -0.2) is 4.79 Å². The van der Waals surface area contributed by atoms with Gasteiger partial charge in [-0.2, -0.15) is 0 Å². The Morgan fingerprint density at radius 3 is 2.71 bits per heavy atom. The van der Waals surface area contributed by atoms with Crippen molar-refractivity contribution in [3.63, 3.8) is 0 Å². The highest BCUT2D eigenvalue weighted by Gasteiger charge is 2.09. The minimum atomic E-state index is -0.221. The molecular weight excluding hydrogens is 202 g/mol. The Balaban J connectivity index is 0.00000169. The van der Waals surface area contributed by atoms with Crippen molar-refractivity contribution < 1.29 is 9.53 Å². The fourth-order valence-electron chi connectivity index (χ4n) is 1.44. The van der Waals surface area contributed by atoms with Gasteiger partial charge in [0, 0.05) is 6.08 Å². The number of carbonyl (C=O) groups excluding carboxylic acids is 1. The number of ether oxygens (including phenoxy) is 1. The average molecular weight is 220 g/mol. The number of carbonyl (C=O) groups is 1. The van der Waals surface area contributed by atoms with Gasteiger partial charge >= 0.3 is 5.97 Å². The van der Waals surface area contributed by atoms with Gasteiger partial charge in [0.2, 0.25) is 0 Å². The topological polar surface area (TPSA) is 38.3 Å². The zero-order valence-electron chi connectivity index (χ0n) is 8.49. The summed E-state index contributed by atoms with van der Waals surface area (Å²) in [5.74, 6) is 0.326. The summed E-state index contributed by atoms with van der Waals surface area (Å²) in [6.45, 7) is 4.38. The number of hydrogen-bond acceptors (Lipinski definition) is 3. The largest absolute Gasteiger partial charge is 0.463 e. The van der Waals surface area contributed by atoms with Crippen LogP contribution in [-0.4, -0.2) is 25.7 Å². The summed E-state index contributed by atoms with van der Waals surface area (Å²) in [4.78, 5) is 11.0. The molecule has 0 aromatic rings. The van der Waals surface area contributed by atoms with Gasteiger partial charge in [-0.1, -0.05) is 6.08 Å². The van der Waals surface area contributed by atoms with Crippen molar-refractivity contribution in [3.05, 3.63) is 12.2 Å². The maximum absolute atomic E-state index is 11.0. The molecule has 1 rings (SSSR count). The zero-order chi connectivity index (χ0) is 9.52. The van der Waals surface area contributed by atoms with E-state index in [1.54, 1.807) is 6.08 Å². The average Bonchev–Trinajstić information content (AvgIpc) is 2.17. The fourth-order valence-corrected chi connectivity index (χ4v) is 1.44. The van der Waals surface area contributed by atoms with Crippen LogP contribution in [0.3, 0.4) is 0 Å². The van der Waals surface area contributed by atoms with Gasteiger partial charge in [0.1, 0.15) is 0 Å². The number of piperidine rings is 1. The first kappa shape index (κ1) is 13.5. The van der Waals surface area contributed by atoms with Crippen LogP contribution in [-0.2, 0) is 9.53 Å². The Morgan fingerprint density at radius 2 is 2.14 bits per heavy atom. The Bertz CT molecular complexity index is 189. The summed E-state index contributed by atoms with van der Waals surface area (Å²) in [7, 11) is 0. The van der Waals surface area contributed by atoms with E-state index in [1.807, 2.05) is 13.0 Å². The van der Waals surface area contributed by atoms with E-state index in [9.17, 15) is 4.79 Å². The quantitative estimate of drug-likeness (QED) is 0.578. The first-order valence-electron chi connectivity index (χ1n) is 4.88. The zero-order valence-corrected chi connectivity index (χ0v) is 9.31. The molecule has 1 fully saturated rings. The van der Waals surface area contributed by atoms with Crippen LogP contribution in [0.4, 0.5) is 0 Å². The SMILES string of the molecule is CCOC(=O)/C=C/C1CCNCC1.Cl. The van der Waals surface area contributed by atoms with Gasteiger partial charge in [0.05, 0.1) is 6.61 Å². The molecule has 1 saturated heterocycles. The lowest BCUT2D eigenvalue weighted by Gasteiger charge is -2.18. The van der Waals surface area contributed by atoms with Crippen LogP contribution in [0.25, 0.3) is 0 Å². The van der Waals surface area contributed by atoms with E-state index in [4.69, 9.17) is 4.74 Å². The molecule has 0 unspecified atom stereocenters. The van der Waals surface area contributed by atoms with Gasteiger partial charge in [-0.05, 0) is 38.8 Å². The van der Waals surface area contributed by atoms with E-state index < -0.39 is 0 Å². The molecule has 0 atom stereocenters. The lowest BCUT2D eigenvalue weighted by Crippen LogP contribution is -2.26. The smallest absolute Gasteiger partial charge is 0.330 e. The number of nitrogens with one attached hydrogen (secondary N) is 1. The summed E-state index contributed by atoms with van der Waals surface area (Å²) in [6.07, 6.45) is 5.77. The maximum atomic E-state index is 11.0. The third-order valence-corrected chi connectivity index (χ3v) is 2.17. The molecule has 14 heavy (non-hydrogen) atoms. The van der Waals surface area contributed by atoms with Crippen LogP contribution in [0.2, 0.25) is 0 Å². The lowest BCUT2D eigenvalue weighted by atomic mass is 9.98. The van der Waals surface area contributed by atoms with Crippen molar-refractivity contribution in [2.45, 2.75) is 19.8 Å². The molecule has 1 heterocycles. The maximum Gasteiger partial charge on any atom is 0.330 e. The van der Waals surface area contributed by atoms with E-state index >= 15 is 0 Å². The van der Waals surface area contributed by atoms with Crippen LogP contribution in [0.15, 0.2) is 12.2 Å². The normalized spacial score (nSPS) is 17.8. The lowest BCUT2D eigenvalue weighted by molar-refractivity contribution is -0.137. The van der Waals surface area contributed by atoms with E-state index in [0.717, 1.165) is 25.9 Å². The standard InChI is InChI=1S/C10H17NO2.ClH/c1-2-13-10(12)4-3-9-5-7-11-8-6-9;/h3-4,9,11H,2,5-8H2,1H3;1H/b4-3+;. The first-order chi connectivity index (χ1) is 6.33. The van der Waals surface area contributed by atoms with Crippen LogP contribution >= 0.6 is 12.4 Å². The van der Waals surface area contributed by atoms with Crippen molar-refractivity contribution in [2.24, 2.45) is 5.92 Å². The molecule has 0 saturated carbocycles. The number of hydrogen-bond donors (Lipinski definition) is 1. The highest BCUT2D eigenvalue weighted by atomic mass is 35.5. The third kappa shape index (κ3) is 5.25. The number of rotatable bonds is 3. The summed E-state index contributed by atoms with van der Waals surface area (Å²) < 4.78 is 4.79. The second kappa shape index (κ2) is 7.83. The third-order valence-electron chi connectivity index (χ3n) is 2.17. The van der Waals surface area contributed by atoms with Crippen LogP contribution < -0.4 is 5.32 Å². The molecule has 1 aliphatic rings. The summed E-state index contributed by atoms with van der Waals surface area (Å²) in [6, 6.07) is 0. The molecule has 82 valence electrons. The molecule has 4 heteroatoms. The predicted molar refractivity (Wildman–Crippen MR) is 58.6 cm³/mol. The Morgan fingerprint density at radius 1 is 1.50 bits per heavy atom. The van der Waals surface area contributed by atoms with Crippen LogP contribution in [0.1, 0.15) is 19.8 Å². The van der Waals surface area contributed by atoms with Gasteiger partial charge < -0.3 is 10.1 Å². The minimum Gasteiger partial charge on any atom is -0.463 e.